The van der Waals surface area contributed by atoms with Crippen LogP contribution in [0.3, 0.4) is 0 Å². The van der Waals surface area contributed by atoms with Crippen LogP contribution in [0.2, 0.25) is 0 Å². The molecule has 12 heavy (non-hydrogen) atoms. The molecule has 0 unspecified atom stereocenters. The van der Waals surface area contributed by atoms with Gasteiger partial charge in [-0.05, 0) is 24.9 Å². The Morgan fingerprint density at radius 2 is 1.75 bits per heavy atom. The van der Waals surface area contributed by atoms with Gasteiger partial charge in [0.25, 0.3) is 0 Å². The number of amides is 1. The van der Waals surface area contributed by atoms with E-state index in [9.17, 15) is 4.79 Å². The zero-order valence-corrected chi connectivity index (χ0v) is 8.11. The lowest BCUT2D eigenvalue weighted by Crippen LogP contribution is -2.09. The van der Waals surface area contributed by atoms with E-state index in [1.807, 2.05) is 0 Å². The molecule has 0 aliphatic heterocycles. The Labute approximate surface area is 77.9 Å². The lowest BCUT2D eigenvalue weighted by Gasteiger charge is -1.98. The number of carbonyl (C=O) groups is 1. The van der Waals surface area contributed by atoms with Crippen LogP contribution in [0.15, 0.2) is 0 Å². The highest BCUT2D eigenvalue weighted by molar-refractivity contribution is 7.93. The van der Waals surface area contributed by atoms with Gasteiger partial charge in [-0.25, -0.2) is 0 Å². The molecular weight excluding hydrogens is 174 g/mol. The van der Waals surface area contributed by atoms with Crippen LogP contribution in [0.1, 0.15) is 38.5 Å². The molecule has 4 heteroatoms. The van der Waals surface area contributed by atoms with Gasteiger partial charge in [0.05, 0.1) is 0 Å². The van der Waals surface area contributed by atoms with Gasteiger partial charge in [-0.3, -0.25) is 4.79 Å². The Bertz CT molecular complexity index is 120. The van der Waals surface area contributed by atoms with Crippen molar-refractivity contribution in [2.45, 2.75) is 38.5 Å². The van der Waals surface area contributed by atoms with Crippen molar-refractivity contribution in [3.8, 4) is 0 Å². The van der Waals surface area contributed by atoms with Gasteiger partial charge >= 0.3 is 0 Å². The van der Waals surface area contributed by atoms with E-state index >= 15 is 0 Å². The van der Waals surface area contributed by atoms with E-state index in [-0.39, 0.29) is 5.91 Å². The molecule has 0 saturated carbocycles. The zero-order chi connectivity index (χ0) is 9.23. The van der Waals surface area contributed by atoms with E-state index in [2.05, 4.69) is 0 Å². The number of primary amides is 1. The SMILES string of the molecule is NC(=O)CCCCCCCSO. The molecule has 0 aromatic heterocycles. The van der Waals surface area contributed by atoms with Gasteiger partial charge in [-0.1, -0.05) is 19.3 Å². The van der Waals surface area contributed by atoms with E-state index in [0.717, 1.165) is 49.9 Å². The van der Waals surface area contributed by atoms with Crippen LogP contribution in [-0.2, 0) is 4.79 Å². The molecule has 0 aromatic rings. The second kappa shape index (κ2) is 8.87. The van der Waals surface area contributed by atoms with Crippen molar-refractivity contribution in [1.29, 1.82) is 0 Å². The summed E-state index contributed by atoms with van der Waals surface area (Å²) in [7, 11) is 0. The molecule has 0 atom stereocenters. The Balaban J connectivity index is 2.86. The van der Waals surface area contributed by atoms with Gasteiger partial charge in [0, 0.05) is 12.2 Å². The first-order valence-electron chi connectivity index (χ1n) is 4.32. The summed E-state index contributed by atoms with van der Waals surface area (Å²) in [6.07, 6.45) is 5.80. The lowest BCUT2D eigenvalue weighted by molar-refractivity contribution is -0.118. The van der Waals surface area contributed by atoms with Crippen LogP contribution in [0.5, 0.6) is 0 Å². The molecule has 0 saturated heterocycles. The summed E-state index contributed by atoms with van der Waals surface area (Å²) in [6.45, 7) is 0. The highest BCUT2D eigenvalue weighted by atomic mass is 32.2. The second-order valence-electron chi connectivity index (χ2n) is 2.82. The molecule has 3 nitrogen and oxygen atoms in total. The van der Waals surface area contributed by atoms with Gasteiger partial charge in [-0.15, -0.1) is 0 Å². The maximum Gasteiger partial charge on any atom is 0.217 e. The predicted molar refractivity (Wildman–Crippen MR) is 52.0 cm³/mol. The standard InChI is InChI=1S/C8H17NO2S/c9-8(10)6-4-2-1-3-5-7-12-11/h11H,1-7H2,(H2,9,10). The molecule has 0 rings (SSSR count). The summed E-state index contributed by atoms with van der Waals surface area (Å²) in [5, 5.41) is 0. The molecule has 1 amide bonds. The van der Waals surface area contributed by atoms with Crippen LogP contribution < -0.4 is 5.73 Å². The third-order valence-corrected chi connectivity index (χ3v) is 2.13. The fourth-order valence-electron chi connectivity index (χ4n) is 0.996. The van der Waals surface area contributed by atoms with Crippen LogP contribution in [0, 0.1) is 0 Å². The van der Waals surface area contributed by atoms with Crippen LogP contribution in [-0.4, -0.2) is 16.2 Å². The summed E-state index contributed by atoms with van der Waals surface area (Å²) in [6, 6.07) is 0. The topological polar surface area (TPSA) is 63.3 Å². The Morgan fingerprint density at radius 1 is 1.17 bits per heavy atom. The normalized spacial score (nSPS) is 10.1. The maximum absolute atomic E-state index is 10.3. The monoisotopic (exact) mass is 191 g/mol. The van der Waals surface area contributed by atoms with Crippen molar-refractivity contribution in [1.82, 2.24) is 0 Å². The van der Waals surface area contributed by atoms with Gasteiger partial charge in [0.2, 0.25) is 5.91 Å². The number of nitrogens with two attached hydrogens (primary N) is 1. The van der Waals surface area contributed by atoms with E-state index in [1.54, 1.807) is 0 Å². The summed E-state index contributed by atoms with van der Waals surface area (Å²) in [4.78, 5) is 10.3. The molecule has 0 radical (unpaired) electrons. The van der Waals surface area contributed by atoms with Crippen molar-refractivity contribution < 1.29 is 9.35 Å². The van der Waals surface area contributed by atoms with Crippen LogP contribution >= 0.6 is 12.0 Å². The van der Waals surface area contributed by atoms with E-state index in [1.165, 1.54) is 0 Å². The Hall–Kier alpha value is -0.220. The molecule has 0 aliphatic carbocycles. The molecule has 0 fully saturated rings. The minimum atomic E-state index is -0.207. The molecule has 0 heterocycles. The molecule has 0 spiro atoms. The van der Waals surface area contributed by atoms with Crippen molar-refractivity contribution in [2.75, 3.05) is 5.75 Å². The molecule has 72 valence electrons. The minimum absolute atomic E-state index is 0.207. The van der Waals surface area contributed by atoms with E-state index in [4.69, 9.17) is 10.3 Å². The molecule has 0 aliphatic rings. The largest absolute Gasteiger partial charge is 0.370 e. The fraction of sp³-hybridized carbons (Fsp3) is 0.875. The highest BCUT2D eigenvalue weighted by Crippen LogP contribution is 2.07. The number of rotatable bonds is 8. The first-order chi connectivity index (χ1) is 5.77. The molecule has 3 N–H and O–H groups in total. The molecule has 0 aromatic carbocycles. The summed E-state index contributed by atoms with van der Waals surface area (Å²) < 4.78 is 8.40. The van der Waals surface area contributed by atoms with Gasteiger partial charge in [-0.2, -0.15) is 0 Å². The average Bonchev–Trinajstić information content (AvgIpc) is 2.02. The van der Waals surface area contributed by atoms with Crippen molar-refractivity contribution >= 4 is 17.9 Å². The number of hydrogen-bond acceptors (Lipinski definition) is 3. The fourth-order valence-corrected chi connectivity index (χ4v) is 1.33. The average molecular weight is 191 g/mol. The number of unbranched alkanes of at least 4 members (excludes halogenated alkanes) is 4. The molecule has 0 bridgehead atoms. The number of hydrogen-bond donors (Lipinski definition) is 2. The first kappa shape index (κ1) is 11.8. The third kappa shape index (κ3) is 9.78. The van der Waals surface area contributed by atoms with Gasteiger partial charge in [0.15, 0.2) is 0 Å². The third-order valence-electron chi connectivity index (χ3n) is 1.66. The Kier molecular flexibility index (Phi) is 8.71. The predicted octanol–water partition coefficient (Wildman–Crippen LogP) is 2.02. The summed E-state index contributed by atoms with van der Waals surface area (Å²) in [5.41, 5.74) is 4.98. The van der Waals surface area contributed by atoms with Crippen LogP contribution in [0.25, 0.3) is 0 Å². The summed E-state index contributed by atoms with van der Waals surface area (Å²) in [5.74, 6) is 0.608. The Morgan fingerprint density at radius 3 is 2.33 bits per heavy atom. The van der Waals surface area contributed by atoms with Crippen molar-refractivity contribution in [3.63, 3.8) is 0 Å². The van der Waals surface area contributed by atoms with Gasteiger partial charge < -0.3 is 10.3 Å². The highest BCUT2D eigenvalue weighted by Gasteiger charge is 1.94. The first-order valence-corrected chi connectivity index (χ1v) is 5.26. The number of carbonyl (C=O) groups excluding carboxylic acids is 1. The zero-order valence-electron chi connectivity index (χ0n) is 7.29. The van der Waals surface area contributed by atoms with Crippen molar-refractivity contribution in [3.05, 3.63) is 0 Å². The summed E-state index contributed by atoms with van der Waals surface area (Å²) >= 11 is 0.896. The van der Waals surface area contributed by atoms with Crippen molar-refractivity contribution in [2.24, 2.45) is 5.73 Å². The second-order valence-corrected chi connectivity index (χ2v) is 3.48. The van der Waals surface area contributed by atoms with E-state index in [0.29, 0.717) is 6.42 Å². The maximum atomic E-state index is 10.3. The smallest absolute Gasteiger partial charge is 0.217 e. The quantitative estimate of drug-likeness (QED) is 0.455. The minimum Gasteiger partial charge on any atom is -0.370 e. The van der Waals surface area contributed by atoms with Crippen LogP contribution in [0.4, 0.5) is 0 Å². The van der Waals surface area contributed by atoms with Gasteiger partial charge in [0.1, 0.15) is 0 Å². The lowest BCUT2D eigenvalue weighted by atomic mass is 10.1. The molecular formula is C8H17NO2S. The van der Waals surface area contributed by atoms with E-state index < -0.39 is 0 Å².